The standard InChI is InChI=1S/C18H22N2O2S/c1-14-5-11-17(12-6-14)23(21,22)20-19-13-15-7-9-16(10-8-15)18(2,3)4/h5-13,20H,1-4H3/b19-13+. The van der Waals surface area contributed by atoms with Gasteiger partial charge < -0.3 is 0 Å². The van der Waals surface area contributed by atoms with E-state index in [1.807, 2.05) is 31.2 Å². The van der Waals surface area contributed by atoms with Crippen LogP contribution in [0.4, 0.5) is 0 Å². The Kier molecular flexibility index (Phi) is 4.90. The largest absolute Gasteiger partial charge is 0.276 e. The van der Waals surface area contributed by atoms with Gasteiger partial charge in [0.25, 0.3) is 10.0 Å². The molecule has 2 aromatic carbocycles. The van der Waals surface area contributed by atoms with E-state index in [0.717, 1.165) is 11.1 Å². The van der Waals surface area contributed by atoms with Crippen LogP contribution in [0.3, 0.4) is 0 Å². The molecule has 4 nitrogen and oxygen atoms in total. The second-order valence-electron chi connectivity index (χ2n) is 6.54. The Labute approximate surface area is 138 Å². The van der Waals surface area contributed by atoms with Crippen LogP contribution in [0.15, 0.2) is 58.5 Å². The maximum Gasteiger partial charge on any atom is 0.276 e. The number of aryl methyl sites for hydroxylation is 1. The molecule has 0 aliphatic heterocycles. The van der Waals surface area contributed by atoms with Gasteiger partial charge in [-0.25, -0.2) is 4.83 Å². The van der Waals surface area contributed by atoms with Gasteiger partial charge in [-0.05, 0) is 35.6 Å². The molecule has 0 aliphatic rings. The number of sulfonamides is 1. The molecule has 0 fully saturated rings. The van der Waals surface area contributed by atoms with Crippen LogP contribution in [0.1, 0.15) is 37.5 Å². The molecule has 0 heterocycles. The molecule has 0 spiro atoms. The van der Waals surface area contributed by atoms with Crippen molar-refractivity contribution < 1.29 is 8.42 Å². The topological polar surface area (TPSA) is 58.5 Å². The van der Waals surface area contributed by atoms with E-state index in [9.17, 15) is 8.42 Å². The number of rotatable bonds is 4. The monoisotopic (exact) mass is 330 g/mol. The fraction of sp³-hybridized carbons (Fsp3) is 0.278. The van der Waals surface area contributed by atoms with Crippen LogP contribution in [-0.4, -0.2) is 14.6 Å². The van der Waals surface area contributed by atoms with Crippen molar-refractivity contribution in [3.63, 3.8) is 0 Å². The third kappa shape index (κ3) is 4.66. The summed E-state index contributed by atoms with van der Waals surface area (Å²) >= 11 is 0. The Balaban J connectivity index is 2.07. The van der Waals surface area contributed by atoms with E-state index in [2.05, 4.69) is 30.7 Å². The molecule has 0 radical (unpaired) electrons. The van der Waals surface area contributed by atoms with Crippen molar-refractivity contribution in [2.75, 3.05) is 0 Å². The highest BCUT2D eigenvalue weighted by Gasteiger charge is 2.13. The number of nitrogens with zero attached hydrogens (tertiary/aromatic N) is 1. The average Bonchev–Trinajstić information content (AvgIpc) is 2.47. The fourth-order valence-electron chi connectivity index (χ4n) is 2.01. The van der Waals surface area contributed by atoms with Crippen LogP contribution in [0.25, 0.3) is 0 Å². The van der Waals surface area contributed by atoms with Crippen molar-refractivity contribution in [1.29, 1.82) is 0 Å². The number of hydrazone groups is 1. The lowest BCUT2D eigenvalue weighted by Gasteiger charge is -2.18. The number of hydrogen-bond acceptors (Lipinski definition) is 3. The molecule has 0 amide bonds. The second-order valence-corrected chi connectivity index (χ2v) is 8.20. The van der Waals surface area contributed by atoms with Gasteiger partial charge in [-0.3, -0.25) is 0 Å². The van der Waals surface area contributed by atoms with Gasteiger partial charge in [0.15, 0.2) is 0 Å². The summed E-state index contributed by atoms with van der Waals surface area (Å²) in [5.74, 6) is 0. The van der Waals surface area contributed by atoms with E-state index < -0.39 is 10.0 Å². The van der Waals surface area contributed by atoms with Gasteiger partial charge in [-0.1, -0.05) is 62.7 Å². The molecule has 23 heavy (non-hydrogen) atoms. The van der Waals surface area contributed by atoms with Crippen molar-refractivity contribution >= 4 is 16.2 Å². The van der Waals surface area contributed by atoms with Gasteiger partial charge in [0.2, 0.25) is 0 Å². The van der Waals surface area contributed by atoms with Crippen LogP contribution in [-0.2, 0) is 15.4 Å². The third-order valence-electron chi connectivity index (χ3n) is 3.49. The highest BCUT2D eigenvalue weighted by molar-refractivity contribution is 7.89. The molecule has 0 aliphatic carbocycles. The fourth-order valence-corrected chi connectivity index (χ4v) is 2.80. The Bertz CT molecular complexity index is 784. The number of hydrogen-bond donors (Lipinski definition) is 1. The predicted molar refractivity (Wildman–Crippen MR) is 94.2 cm³/mol. The van der Waals surface area contributed by atoms with Crippen LogP contribution in [0.2, 0.25) is 0 Å². The first-order valence-electron chi connectivity index (χ1n) is 7.40. The van der Waals surface area contributed by atoms with Crippen molar-refractivity contribution in [3.05, 3.63) is 65.2 Å². The van der Waals surface area contributed by atoms with Gasteiger partial charge in [-0.15, -0.1) is 0 Å². The Morgan fingerprint density at radius 3 is 2.04 bits per heavy atom. The van der Waals surface area contributed by atoms with Gasteiger partial charge in [0, 0.05) is 0 Å². The summed E-state index contributed by atoms with van der Waals surface area (Å²) in [6.45, 7) is 8.34. The van der Waals surface area contributed by atoms with Crippen molar-refractivity contribution in [3.8, 4) is 0 Å². The molecule has 2 rings (SSSR count). The minimum absolute atomic E-state index is 0.0860. The first kappa shape index (κ1) is 17.2. The Morgan fingerprint density at radius 2 is 1.52 bits per heavy atom. The smallest absolute Gasteiger partial charge is 0.200 e. The third-order valence-corrected chi connectivity index (χ3v) is 4.73. The summed E-state index contributed by atoms with van der Waals surface area (Å²) in [5.41, 5.74) is 3.15. The summed E-state index contributed by atoms with van der Waals surface area (Å²) < 4.78 is 24.2. The zero-order chi connectivity index (χ0) is 17.1. The average molecular weight is 330 g/mol. The SMILES string of the molecule is Cc1ccc(S(=O)(=O)N/N=C/c2ccc(C(C)(C)C)cc2)cc1. The Morgan fingerprint density at radius 1 is 0.957 bits per heavy atom. The van der Waals surface area contributed by atoms with Crippen molar-refractivity contribution in [2.45, 2.75) is 38.0 Å². The molecule has 1 N–H and O–H groups in total. The molecular formula is C18H22N2O2S. The minimum atomic E-state index is -3.63. The van der Waals surface area contributed by atoms with Gasteiger partial charge in [-0.2, -0.15) is 13.5 Å². The zero-order valence-corrected chi connectivity index (χ0v) is 14.7. The minimum Gasteiger partial charge on any atom is -0.200 e. The van der Waals surface area contributed by atoms with Gasteiger partial charge in [0.1, 0.15) is 0 Å². The molecule has 0 bridgehead atoms. The summed E-state index contributed by atoms with van der Waals surface area (Å²) in [7, 11) is -3.63. The van der Waals surface area contributed by atoms with E-state index in [4.69, 9.17) is 0 Å². The van der Waals surface area contributed by atoms with Crippen molar-refractivity contribution in [2.24, 2.45) is 5.10 Å². The summed E-state index contributed by atoms with van der Waals surface area (Å²) in [6, 6.07) is 14.5. The van der Waals surface area contributed by atoms with Crippen LogP contribution < -0.4 is 4.83 Å². The van der Waals surface area contributed by atoms with E-state index in [1.54, 1.807) is 24.3 Å². The molecule has 2 aromatic rings. The zero-order valence-electron chi connectivity index (χ0n) is 13.9. The lowest BCUT2D eigenvalue weighted by atomic mass is 9.87. The van der Waals surface area contributed by atoms with Gasteiger partial charge in [0.05, 0.1) is 11.1 Å². The molecule has 0 saturated heterocycles. The lowest BCUT2D eigenvalue weighted by Crippen LogP contribution is -2.18. The van der Waals surface area contributed by atoms with Crippen molar-refractivity contribution in [1.82, 2.24) is 4.83 Å². The normalized spacial score (nSPS) is 12.5. The molecule has 0 atom stereocenters. The van der Waals surface area contributed by atoms with Crippen LogP contribution >= 0.6 is 0 Å². The summed E-state index contributed by atoms with van der Waals surface area (Å²) in [4.78, 5) is 2.43. The van der Waals surface area contributed by atoms with E-state index in [0.29, 0.717) is 0 Å². The molecule has 5 heteroatoms. The highest BCUT2D eigenvalue weighted by Crippen LogP contribution is 2.21. The molecule has 0 aromatic heterocycles. The number of benzene rings is 2. The first-order chi connectivity index (χ1) is 10.7. The van der Waals surface area contributed by atoms with E-state index in [-0.39, 0.29) is 10.3 Å². The molecule has 122 valence electrons. The van der Waals surface area contributed by atoms with Gasteiger partial charge >= 0.3 is 0 Å². The maximum atomic E-state index is 12.1. The predicted octanol–water partition coefficient (Wildman–Crippen LogP) is 3.60. The van der Waals surface area contributed by atoms with E-state index >= 15 is 0 Å². The molecule has 0 unspecified atom stereocenters. The summed E-state index contributed by atoms with van der Waals surface area (Å²) in [6.07, 6.45) is 1.50. The molecular weight excluding hydrogens is 308 g/mol. The summed E-state index contributed by atoms with van der Waals surface area (Å²) in [5, 5.41) is 3.84. The van der Waals surface area contributed by atoms with E-state index in [1.165, 1.54) is 11.8 Å². The molecule has 0 saturated carbocycles. The second kappa shape index (κ2) is 6.54. The lowest BCUT2D eigenvalue weighted by molar-refractivity contribution is 0.584. The maximum absolute atomic E-state index is 12.1. The number of nitrogens with one attached hydrogen (secondary N) is 1. The quantitative estimate of drug-likeness (QED) is 0.688. The highest BCUT2D eigenvalue weighted by atomic mass is 32.2. The van der Waals surface area contributed by atoms with Crippen LogP contribution in [0, 0.1) is 6.92 Å². The first-order valence-corrected chi connectivity index (χ1v) is 8.89. The Hall–Kier alpha value is -2.14. The van der Waals surface area contributed by atoms with Crippen LogP contribution in [0.5, 0.6) is 0 Å².